The topological polar surface area (TPSA) is 58.1 Å². The molecule has 0 spiro atoms. The fourth-order valence-corrected chi connectivity index (χ4v) is 2.99. The quantitative estimate of drug-likeness (QED) is 0.758. The van der Waals surface area contributed by atoms with Gasteiger partial charge in [-0.15, -0.1) is 0 Å². The van der Waals surface area contributed by atoms with Crippen molar-refractivity contribution in [1.29, 1.82) is 0 Å². The Morgan fingerprint density at radius 2 is 1.73 bits per heavy atom. The van der Waals surface area contributed by atoms with Crippen LogP contribution in [0.5, 0.6) is 0 Å². The van der Waals surface area contributed by atoms with E-state index in [-0.39, 0.29) is 11.3 Å². The molecule has 0 unspecified atom stereocenters. The lowest BCUT2D eigenvalue weighted by Gasteiger charge is -2.37. The molecule has 132 valence electrons. The highest BCUT2D eigenvalue weighted by molar-refractivity contribution is 6.01. The molecule has 1 N–H and O–H groups in total. The predicted molar refractivity (Wildman–Crippen MR) is 89.4 cm³/mol. The lowest BCUT2D eigenvalue weighted by atomic mass is 10.1. The molecule has 1 aliphatic rings. The standard InChI is InChI=1S/C18H13F3N4O/c19-18(20,21)10-25-16(24-12-6-2-1-5-11(12)17(25)26)15-9-22-13-7-3-4-8-14(13)23-15/h1-9,16,24H,10H2/t16-/m1/s1. The van der Waals surface area contributed by atoms with E-state index in [0.29, 0.717) is 16.7 Å². The van der Waals surface area contributed by atoms with Crippen LogP contribution < -0.4 is 5.32 Å². The number of benzene rings is 2. The van der Waals surface area contributed by atoms with Crippen LogP contribution in [0.4, 0.5) is 18.9 Å². The van der Waals surface area contributed by atoms with Crippen molar-refractivity contribution in [2.45, 2.75) is 12.3 Å². The van der Waals surface area contributed by atoms with Crippen LogP contribution in [0.15, 0.2) is 54.7 Å². The van der Waals surface area contributed by atoms with Gasteiger partial charge in [0.05, 0.1) is 22.8 Å². The van der Waals surface area contributed by atoms with Gasteiger partial charge in [0.1, 0.15) is 18.4 Å². The van der Waals surface area contributed by atoms with E-state index in [4.69, 9.17) is 0 Å². The summed E-state index contributed by atoms with van der Waals surface area (Å²) >= 11 is 0. The first-order chi connectivity index (χ1) is 12.4. The average Bonchev–Trinajstić information content (AvgIpc) is 2.62. The Hall–Kier alpha value is -3.16. The molecule has 26 heavy (non-hydrogen) atoms. The number of para-hydroxylation sites is 3. The largest absolute Gasteiger partial charge is 0.406 e. The zero-order valence-corrected chi connectivity index (χ0v) is 13.4. The first-order valence-electron chi connectivity index (χ1n) is 7.87. The van der Waals surface area contributed by atoms with Gasteiger partial charge in [-0.3, -0.25) is 9.78 Å². The Kier molecular flexibility index (Phi) is 3.75. The second-order valence-electron chi connectivity index (χ2n) is 5.92. The third-order valence-corrected chi connectivity index (χ3v) is 4.12. The number of alkyl halides is 3. The molecule has 0 fully saturated rings. The van der Waals surface area contributed by atoms with Gasteiger partial charge in [-0.2, -0.15) is 13.2 Å². The number of carbonyl (C=O) groups excluding carboxylic acids is 1. The molecule has 1 aliphatic heterocycles. The monoisotopic (exact) mass is 358 g/mol. The van der Waals surface area contributed by atoms with Crippen LogP contribution >= 0.6 is 0 Å². The van der Waals surface area contributed by atoms with Gasteiger partial charge in [0.25, 0.3) is 5.91 Å². The van der Waals surface area contributed by atoms with Crippen molar-refractivity contribution in [2.24, 2.45) is 0 Å². The summed E-state index contributed by atoms with van der Waals surface area (Å²) in [5, 5.41) is 2.98. The van der Waals surface area contributed by atoms with Gasteiger partial charge in [0, 0.05) is 5.69 Å². The molecular weight excluding hydrogens is 345 g/mol. The number of carbonyl (C=O) groups is 1. The Morgan fingerprint density at radius 3 is 2.50 bits per heavy atom. The minimum atomic E-state index is -4.54. The highest BCUT2D eigenvalue weighted by Gasteiger charge is 2.41. The van der Waals surface area contributed by atoms with Gasteiger partial charge in [-0.1, -0.05) is 24.3 Å². The molecular formula is C18H13F3N4O. The third kappa shape index (κ3) is 2.94. The van der Waals surface area contributed by atoms with Gasteiger partial charge in [-0.25, -0.2) is 4.98 Å². The minimum absolute atomic E-state index is 0.196. The lowest BCUT2D eigenvalue weighted by molar-refractivity contribution is -0.144. The Bertz CT molecular complexity index is 989. The van der Waals surface area contributed by atoms with E-state index >= 15 is 0 Å². The van der Waals surface area contributed by atoms with Crippen LogP contribution in [0, 0.1) is 0 Å². The first kappa shape index (κ1) is 16.3. The van der Waals surface area contributed by atoms with E-state index in [9.17, 15) is 18.0 Å². The van der Waals surface area contributed by atoms with Crippen LogP contribution in [-0.2, 0) is 0 Å². The summed E-state index contributed by atoms with van der Waals surface area (Å²) in [4.78, 5) is 22.1. The Labute approximate surface area is 146 Å². The lowest BCUT2D eigenvalue weighted by Crippen LogP contribution is -2.47. The summed E-state index contributed by atoms with van der Waals surface area (Å²) in [6.07, 6.45) is -4.20. The molecule has 0 saturated carbocycles. The number of fused-ring (bicyclic) bond motifs is 2. The molecule has 5 nitrogen and oxygen atoms in total. The number of anilines is 1. The summed E-state index contributed by atoms with van der Waals surface area (Å²) in [5.41, 5.74) is 2.08. The van der Waals surface area contributed by atoms with E-state index in [2.05, 4.69) is 15.3 Å². The smallest absolute Gasteiger partial charge is 0.359 e. The number of halogens is 3. The summed E-state index contributed by atoms with van der Waals surface area (Å²) in [6, 6.07) is 13.5. The number of aromatic nitrogens is 2. The maximum Gasteiger partial charge on any atom is 0.406 e. The Balaban J connectivity index is 1.81. The van der Waals surface area contributed by atoms with Crippen molar-refractivity contribution in [3.05, 3.63) is 66.0 Å². The first-order valence-corrected chi connectivity index (χ1v) is 7.87. The van der Waals surface area contributed by atoms with Crippen LogP contribution in [0.25, 0.3) is 11.0 Å². The molecule has 0 aliphatic carbocycles. The molecule has 0 saturated heterocycles. The predicted octanol–water partition coefficient (Wildman–Crippen LogP) is 3.76. The summed E-state index contributed by atoms with van der Waals surface area (Å²) in [5.74, 6) is -0.698. The van der Waals surface area contributed by atoms with E-state index in [0.717, 1.165) is 4.90 Å². The second-order valence-corrected chi connectivity index (χ2v) is 5.92. The minimum Gasteiger partial charge on any atom is -0.359 e. The van der Waals surface area contributed by atoms with Crippen LogP contribution in [0.2, 0.25) is 0 Å². The molecule has 1 amide bonds. The highest BCUT2D eigenvalue weighted by atomic mass is 19.4. The number of nitrogens with one attached hydrogen (secondary N) is 1. The zero-order valence-electron chi connectivity index (χ0n) is 13.4. The van der Waals surface area contributed by atoms with Crippen LogP contribution in [-0.4, -0.2) is 33.5 Å². The number of amides is 1. The molecule has 1 aromatic heterocycles. The van der Waals surface area contributed by atoms with Crippen molar-refractivity contribution in [2.75, 3.05) is 11.9 Å². The SMILES string of the molecule is O=C1c2ccccc2N[C@@H](c2cnc3ccccc3n2)N1CC(F)(F)F. The summed E-state index contributed by atoms with van der Waals surface area (Å²) < 4.78 is 39.2. The highest BCUT2D eigenvalue weighted by Crippen LogP contribution is 2.34. The summed E-state index contributed by atoms with van der Waals surface area (Å²) in [7, 11) is 0. The van der Waals surface area contributed by atoms with Crippen molar-refractivity contribution in [3.63, 3.8) is 0 Å². The fraction of sp³-hybridized carbons (Fsp3) is 0.167. The molecule has 2 heterocycles. The van der Waals surface area contributed by atoms with Gasteiger partial charge in [0.15, 0.2) is 0 Å². The number of rotatable bonds is 2. The maximum absolute atomic E-state index is 13.1. The maximum atomic E-state index is 13.1. The molecule has 0 bridgehead atoms. The summed E-state index contributed by atoms with van der Waals surface area (Å²) in [6.45, 7) is -1.38. The third-order valence-electron chi connectivity index (χ3n) is 4.12. The molecule has 1 atom stereocenters. The van der Waals surface area contributed by atoms with Gasteiger partial charge in [0.2, 0.25) is 0 Å². The second kappa shape index (κ2) is 5.98. The molecule has 2 aromatic carbocycles. The molecule has 4 rings (SSSR count). The van der Waals surface area contributed by atoms with E-state index in [1.165, 1.54) is 12.3 Å². The van der Waals surface area contributed by atoms with Crippen molar-refractivity contribution >= 4 is 22.6 Å². The normalized spacial score (nSPS) is 17.1. The number of hydrogen-bond donors (Lipinski definition) is 1. The van der Waals surface area contributed by atoms with Gasteiger partial charge < -0.3 is 10.2 Å². The fourth-order valence-electron chi connectivity index (χ4n) is 2.99. The van der Waals surface area contributed by atoms with Crippen molar-refractivity contribution < 1.29 is 18.0 Å². The zero-order chi connectivity index (χ0) is 18.3. The van der Waals surface area contributed by atoms with E-state index in [1.807, 2.05) is 0 Å². The molecule has 3 aromatic rings. The number of nitrogens with zero attached hydrogens (tertiary/aromatic N) is 3. The van der Waals surface area contributed by atoms with Gasteiger partial charge in [-0.05, 0) is 24.3 Å². The van der Waals surface area contributed by atoms with E-state index in [1.54, 1.807) is 42.5 Å². The molecule has 0 radical (unpaired) electrons. The van der Waals surface area contributed by atoms with Gasteiger partial charge >= 0.3 is 6.18 Å². The van der Waals surface area contributed by atoms with Crippen LogP contribution in [0.1, 0.15) is 22.2 Å². The van der Waals surface area contributed by atoms with Crippen molar-refractivity contribution in [1.82, 2.24) is 14.9 Å². The average molecular weight is 358 g/mol. The molecule has 8 heteroatoms. The van der Waals surface area contributed by atoms with Crippen LogP contribution in [0.3, 0.4) is 0 Å². The Morgan fingerprint density at radius 1 is 1.04 bits per heavy atom. The number of hydrogen-bond acceptors (Lipinski definition) is 4. The van der Waals surface area contributed by atoms with Crippen molar-refractivity contribution in [3.8, 4) is 0 Å². The van der Waals surface area contributed by atoms with E-state index < -0.39 is 24.8 Å².